The Morgan fingerprint density at radius 1 is 1.09 bits per heavy atom. The molecule has 1 amide bonds. The zero-order valence-corrected chi connectivity index (χ0v) is 18.9. The number of benzene rings is 2. The molecule has 0 radical (unpaired) electrons. The lowest BCUT2D eigenvalue weighted by molar-refractivity contribution is -0.118. The number of nitrogens with zero attached hydrogens (tertiary/aromatic N) is 1. The standard InChI is InChI=1S/C26H30N2O4/c1-18-6-4-5-7-24(18)28-26(29)20(16-27)14-19-8-10-22(11-9-19)32-17-21-15-23(30-2)12-13-25(21)31-3/h8-15,18,24H,4-7,17H2,1-3H3,(H,28,29)/b20-14+/t18-,24+/m1/s1. The molecule has 168 valence electrons. The minimum absolute atomic E-state index is 0.109. The van der Waals surface area contributed by atoms with Gasteiger partial charge in [-0.2, -0.15) is 5.26 Å². The number of carbonyl (C=O) groups is 1. The van der Waals surface area contributed by atoms with Gasteiger partial charge in [0.05, 0.1) is 14.2 Å². The van der Waals surface area contributed by atoms with Crippen LogP contribution in [0.3, 0.4) is 0 Å². The van der Waals surface area contributed by atoms with Gasteiger partial charge in [-0.05, 0) is 60.7 Å². The van der Waals surface area contributed by atoms with Gasteiger partial charge in [0.15, 0.2) is 0 Å². The molecule has 2 aromatic carbocycles. The smallest absolute Gasteiger partial charge is 0.262 e. The summed E-state index contributed by atoms with van der Waals surface area (Å²) < 4.78 is 16.5. The summed E-state index contributed by atoms with van der Waals surface area (Å²) >= 11 is 0. The second-order valence-corrected chi connectivity index (χ2v) is 8.05. The van der Waals surface area contributed by atoms with Crippen molar-refractivity contribution in [3.63, 3.8) is 0 Å². The topological polar surface area (TPSA) is 80.6 Å². The monoisotopic (exact) mass is 434 g/mol. The predicted molar refractivity (Wildman–Crippen MR) is 123 cm³/mol. The maximum Gasteiger partial charge on any atom is 0.262 e. The van der Waals surface area contributed by atoms with Crippen LogP contribution < -0.4 is 19.5 Å². The Labute approximate surface area is 189 Å². The molecule has 6 heteroatoms. The van der Waals surface area contributed by atoms with Crippen LogP contribution in [-0.4, -0.2) is 26.2 Å². The second kappa shape index (κ2) is 11.2. The molecule has 0 aromatic heterocycles. The molecule has 3 rings (SSSR count). The number of nitrogens with one attached hydrogen (secondary N) is 1. The molecule has 0 saturated heterocycles. The lowest BCUT2D eigenvalue weighted by atomic mass is 9.86. The highest BCUT2D eigenvalue weighted by molar-refractivity contribution is 6.01. The summed E-state index contributed by atoms with van der Waals surface area (Å²) in [6.45, 7) is 2.47. The van der Waals surface area contributed by atoms with Crippen LogP contribution in [0.5, 0.6) is 17.2 Å². The van der Waals surface area contributed by atoms with Gasteiger partial charge in [0.25, 0.3) is 5.91 Å². The van der Waals surface area contributed by atoms with E-state index in [2.05, 4.69) is 12.2 Å². The average Bonchev–Trinajstić information content (AvgIpc) is 2.83. The van der Waals surface area contributed by atoms with Crippen LogP contribution in [0.4, 0.5) is 0 Å². The zero-order valence-electron chi connectivity index (χ0n) is 18.9. The van der Waals surface area contributed by atoms with Crippen molar-refractivity contribution in [1.29, 1.82) is 5.26 Å². The lowest BCUT2D eigenvalue weighted by Crippen LogP contribution is -2.41. The molecule has 1 fully saturated rings. The van der Waals surface area contributed by atoms with Gasteiger partial charge in [0, 0.05) is 11.6 Å². The SMILES string of the molecule is COc1ccc(OC)c(COc2ccc(/C=C(\C#N)C(=O)N[C@H]3CCCC[C@H]3C)cc2)c1. The zero-order chi connectivity index (χ0) is 22.9. The molecule has 0 heterocycles. The number of amides is 1. The molecule has 2 atom stereocenters. The second-order valence-electron chi connectivity index (χ2n) is 8.05. The van der Waals surface area contributed by atoms with E-state index in [-0.39, 0.29) is 17.5 Å². The number of rotatable bonds is 8. The molecule has 1 saturated carbocycles. The van der Waals surface area contributed by atoms with Crippen molar-refractivity contribution in [2.24, 2.45) is 5.92 Å². The molecule has 32 heavy (non-hydrogen) atoms. The quantitative estimate of drug-likeness (QED) is 0.473. The molecule has 2 aromatic rings. The first kappa shape index (κ1) is 23.2. The van der Waals surface area contributed by atoms with E-state index in [1.807, 2.05) is 48.5 Å². The van der Waals surface area contributed by atoms with Gasteiger partial charge in [0.2, 0.25) is 0 Å². The van der Waals surface area contributed by atoms with Gasteiger partial charge < -0.3 is 19.5 Å². The van der Waals surface area contributed by atoms with E-state index in [1.165, 1.54) is 6.42 Å². The fraction of sp³-hybridized carbons (Fsp3) is 0.385. The minimum atomic E-state index is -0.309. The van der Waals surface area contributed by atoms with E-state index >= 15 is 0 Å². The Kier molecular flexibility index (Phi) is 8.15. The van der Waals surface area contributed by atoms with Crippen LogP contribution in [0.1, 0.15) is 43.7 Å². The molecular weight excluding hydrogens is 404 g/mol. The highest BCUT2D eigenvalue weighted by Crippen LogP contribution is 2.26. The summed E-state index contributed by atoms with van der Waals surface area (Å²) in [6, 6.07) is 15.0. The van der Waals surface area contributed by atoms with Crippen LogP contribution >= 0.6 is 0 Å². The van der Waals surface area contributed by atoms with Crippen molar-refractivity contribution in [2.75, 3.05) is 14.2 Å². The summed E-state index contributed by atoms with van der Waals surface area (Å²) in [4.78, 5) is 12.6. The van der Waals surface area contributed by atoms with E-state index in [0.29, 0.717) is 18.3 Å². The third kappa shape index (κ3) is 6.04. The minimum Gasteiger partial charge on any atom is -0.497 e. The normalized spacial score (nSPS) is 18.4. The Hall–Kier alpha value is -3.46. The summed E-state index contributed by atoms with van der Waals surface area (Å²) in [6.07, 6.45) is 6.00. The van der Waals surface area contributed by atoms with E-state index in [0.717, 1.165) is 41.9 Å². The van der Waals surface area contributed by atoms with E-state index < -0.39 is 0 Å². The van der Waals surface area contributed by atoms with Gasteiger partial charge in [-0.15, -0.1) is 0 Å². The Morgan fingerprint density at radius 2 is 1.81 bits per heavy atom. The number of methoxy groups -OCH3 is 2. The van der Waals surface area contributed by atoms with Gasteiger partial charge >= 0.3 is 0 Å². The molecule has 1 aliphatic carbocycles. The van der Waals surface area contributed by atoms with Crippen molar-refractivity contribution in [3.8, 4) is 23.3 Å². The van der Waals surface area contributed by atoms with Gasteiger partial charge in [-0.3, -0.25) is 4.79 Å². The van der Waals surface area contributed by atoms with Crippen LogP contribution in [0.2, 0.25) is 0 Å². The van der Waals surface area contributed by atoms with Crippen LogP contribution in [0.15, 0.2) is 48.0 Å². The highest BCUT2D eigenvalue weighted by atomic mass is 16.5. The van der Waals surface area contributed by atoms with Crippen molar-refractivity contribution in [1.82, 2.24) is 5.32 Å². The fourth-order valence-electron chi connectivity index (χ4n) is 3.91. The van der Waals surface area contributed by atoms with Crippen molar-refractivity contribution in [3.05, 3.63) is 59.2 Å². The number of hydrogen-bond acceptors (Lipinski definition) is 5. The van der Waals surface area contributed by atoms with Gasteiger partial charge in [-0.25, -0.2) is 0 Å². The highest BCUT2D eigenvalue weighted by Gasteiger charge is 2.24. The first-order valence-corrected chi connectivity index (χ1v) is 10.9. The number of carbonyl (C=O) groups excluding carboxylic acids is 1. The fourth-order valence-corrected chi connectivity index (χ4v) is 3.91. The summed E-state index contributed by atoms with van der Waals surface area (Å²) in [5.74, 6) is 2.26. The maximum absolute atomic E-state index is 12.6. The van der Waals surface area contributed by atoms with Crippen LogP contribution in [0, 0.1) is 17.2 Å². The summed E-state index contributed by atoms with van der Waals surface area (Å²) in [5, 5.41) is 12.5. The van der Waals surface area contributed by atoms with E-state index in [4.69, 9.17) is 14.2 Å². The van der Waals surface area contributed by atoms with Gasteiger partial charge in [-0.1, -0.05) is 31.9 Å². The van der Waals surface area contributed by atoms with Gasteiger partial charge in [0.1, 0.15) is 35.5 Å². The molecule has 0 bridgehead atoms. The third-order valence-electron chi connectivity index (χ3n) is 5.87. The maximum atomic E-state index is 12.6. The Morgan fingerprint density at radius 3 is 2.47 bits per heavy atom. The molecule has 0 unspecified atom stereocenters. The number of ether oxygens (including phenoxy) is 3. The largest absolute Gasteiger partial charge is 0.497 e. The van der Waals surface area contributed by atoms with Crippen LogP contribution in [0.25, 0.3) is 6.08 Å². The summed E-state index contributed by atoms with van der Waals surface area (Å²) in [7, 11) is 3.23. The summed E-state index contributed by atoms with van der Waals surface area (Å²) in [5.41, 5.74) is 1.74. The Balaban J connectivity index is 1.63. The lowest BCUT2D eigenvalue weighted by Gasteiger charge is -2.29. The molecule has 0 spiro atoms. The molecule has 1 aliphatic rings. The first-order valence-electron chi connectivity index (χ1n) is 10.9. The molecule has 0 aliphatic heterocycles. The molecule has 6 nitrogen and oxygen atoms in total. The predicted octanol–water partition coefficient (Wildman–Crippen LogP) is 4.88. The van der Waals surface area contributed by atoms with E-state index in [9.17, 15) is 10.1 Å². The average molecular weight is 435 g/mol. The number of hydrogen-bond donors (Lipinski definition) is 1. The Bertz CT molecular complexity index is 992. The van der Waals surface area contributed by atoms with E-state index in [1.54, 1.807) is 20.3 Å². The van der Waals surface area contributed by atoms with Crippen molar-refractivity contribution < 1.29 is 19.0 Å². The first-order chi connectivity index (χ1) is 15.5. The molecular formula is C26H30N2O4. The molecule has 1 N–H and O–H groups in total. The third-order valence-corrected chi connectivity index (χ3v) is 5.87. The van der Waals surface area contributed by atoms with Crippen LogP contribution in [-0.2, 0) is 11.4 Å². The van der Waals surface area contributed by atoms with Crippen molar-refractivity contribution in [2.45, 2.75) is 45.3 Å². The van der Waals surface area contributed by atoms with Crippen molar-refractivity contribution >= 4 is 12.0 Å². The number of nitriles is 1.